The van der Waals surface area contributed by atoms with Gasteiger partial charge < -0.3 is 20.0 Å². The fourth-order valence-corrected chi connectivity index (χ4v) is 5.27. The van der Waals surface area contributed by atoms with E-state index in [4.69, 9.17) is 4.42 Å². The first kappa shape index (κ1) is 33.6. The SMILES string of the molecule is Cc1cc(C(=O)NCCCNCc2cncc(C(C)(C)C)c2)cc(C(=O)N2CCCC2c2nc(C)co2)c1.Cc1ccccc1. The number of oxazole rings is 1. The lowest BCUT2D eigenvalue weighted by Crippen LogP contribution is -2.31. The lowest BCUT2D eigenvalue weighted by Gasteiger charge is -2.23. The van der Waals surface area contributed by atoms with Crippen LogP contribution in [0.15, 0.2) is 77.7 Å². The maximum atomic E-state index is 13.4. The lowest BCUT2D eigenvalue weighted by atomic mass is 9.88. The Morgan fingerprint density at radius 2 is 1.71 bits per heavy atom. The minimum absolute atomic E-state index is 0.0689. The van der Waals surface area contributed by atoms with Gasteiger partial charge in [-0.05, 0) is 86.9 Å². The first-order valence-corrected chi connectivity index (χ1v) is 15.8. The second kappa shape index (κ2) is 15.6. The average molecular weight is 610 g/mol. The number of rotatable bonds is 9. The van der Waals surface area contributed by atoms with E-state index in [0.29, 0.717) is 30.1 Å². The Kier molecular flexibility index (Phi) is 11.7. The third kappa shape index (κ3) is 9.85. The van der Waals surface area contributed by atoms with E-state index >= 15 is 0 Å². The van der Waals surface area contributed by atoms with E-state index in [1.807, 2.05) is 56.6 Å². The first-order chi connectivity index (χ1) is 21.5. The number of hydrogen-bond acceptors (Lipinski definition) is 6. The molecular weight excluding hydrogens is 562 g/mol. The predicted octanol–water partition coefficient (Wildman–Crippen LogP) is 6.87. The number of amides is 2. The van der Waals surface area contributed by atoms with Crippen molar-refractivity contribution in [2.24, 2.45) is 0 Å². The number of aromatic nitrogens is 2. The molecule has 1 atom stereocenters. The molecule has 0 bridgehead atoms. The number of carbonyl (C=O) groups excluding carboxylic acids is 2. The Bertz CT molecular complexity index is 1560. The molecule has 0 saturated carbocycles. The first-order valence-electron chi connectivity index (χ1n) is 15.8. The maximum absolute atomic E-state index is 13.4. The van der Waals surface area contributed by atoms with Crippen LogP contribution in [-0.2, 0) is 12.0 Å². The second-order valence-corrected chi connectivity index (χ2v) is 12.8. The summed E-state index contributed by atoms with van der Waals surface area (Å²) < 4.78 is 5.59. The van der Waals surface area contributed by atoms with Crippen molar-refractivity contribution in [3.63, 3.8) is 0 Å². The molecule has 2 amide bonds. The van der Waals surface area contributed by atoms with Crippen LogP contribution in [0.1, 0.15) is 101 Å². The summed E-state index contributed by atoms with van der Waals surface area (Å²) in [6, 6.07) is 17.6. The van der Waals surface area contributed by atoms with Gasteiger partial charge in [0.15, 0.2) is 0 Å². The van der Waals surface area contributed by atoms with Crippen molar-refractivity contribution in [1.82, 2.24) is 25.5 Å². The highest BCUT2D eigenvalue weighted by Crippen LogP contribution is 2.33. The smallest absolute Gasteiger partial charge is 0.254 e. The molecule has 2 aromatic carbocycles. The van der Waals surface area contributed by atoms with Gasteiger partial charge in [-0.25, -0.2) is 4.98 Å². The minimum atomic E-state index is -0.175. The van der Waals surface area contributed by atoms with Gasteiger partial charge in [-0.1, -0.05) is 62.7 Å². The van der Waals surface area contributed by atoms with Crippen molar-refractivity contribution in [3.8, 4) is 0 Å². The summed E-state index contributed by atoms with van der Waals surface area (Å²) in [6.07, 6.45) is 7.92. The van der Waals surface area contributed by atoms with Crippen molar-refractivity contribution < 1.29 is 14.0 Å². The van der Waals surface area contributed by atoms with Crippen LogP contribution >= 0.6 is 0 Å². The van der Waals surface area contributed by atoms with Gasteiger partial charge in [-0.2, -0.15) is 0 Å². The number of carbonyl (C=O) groups is 2. The van der Waals surface area contributed by atoms with E-state index in [-0.39, 0.29) is 23.3 Å². The van der Waals surface area contributed by atoms with E-state index in [0.717, 1.165) is 49.2 Å². The van der Waals surface area contributed by atoms with Gasteiger partial charge in [0.05, 0.1) is 5.69 Å². The van der Waals surface area contributed by atoms with Crippen LogP contribution in [0.2, 0.25) is 0 Å². The number of pyridine rings is 1. The molecule has 1 saturated heterocycles. The molecule has 8 nitrogen and oxygen atoms in total. The molecule has 45 heavy (non-hydrogen) atoms. The molecular formula is C37H47N5O3. The largest absolute Gasteiger partial charge is 0.446 e. The molecule has 1 unspecified atom stereocenters. The van der Waals surface area contributed by atoms with E-state index < -0.39 is 0 Å². The molecule has 0 spiro atoms. The molecule has 5 rings (SSSR count). The van der Waals surface area contributed by atoms with Crippen LogP contribution in [0.5, 0.6) is 0 Å². The third-order valence-electron chi connectivity index (χ3n) is 7.77. The summed E-state index contributed by atoms with van der Waals surface area (Å²) in [5.74, 6) is 0.298. The van der Waals surface area contributed by atoms with Gasteiger partial charge in [-0.3, -0.25) is 14.6 Å². The Morgan fingerprint density at radius 3 is 2.38 bits per heavy atom. The molecule has 1 aliphatic heterocycles. The highest BCUT2D eigenvalue weighted by Gasteiger charge is 2.34. The molecule has 1 fully saturated rings. The average Bonchev–Trinajstić information content (AvgIpc) is 3.68. The van der Waals surface area contributed by atoms with Gasteiger partial charge in [0.25, 0.3) is 11.8 Å². The Labute approximate surface area is 267 Å². The summed E-state index contributed by atoms with van der Waals surface area (Å²) in [7, 11) is 0. The zero-order chi connectivity index (χ0) is 32.4. The van der Waals surface area contributed by atoms with Crippen LogP contribution in [-0.4, -0.2) is 46.3 Å². The highest BCUT2D eigenvalue weighted by molar-refractivity contribution is 6.00. The van der Waals surface area contributed by atoms with Crippen LogP contribution in [0, 0.1) is 20.8 Å². The topological polar surface area (TPSA) is 100 Å². The quantitative estimate of drug-likeness (QED) is 0.201. The van der Waals surface area contributed by atoms with Crippen molar-refractivity contribution in [1.29, 1.82) is 0 Å². The fraction of sp³-hybridized carbons (Fsp3) is 0.405. The zero-order valence-corrected chi connectivity index (χ0v) is 27.5. The lowest BCUT2D eigenvalue weighted by molar-refractivity contribution is 0.0715. The summed E-state index contributed by atoms with van der Waals surface area (Å²) in [4.78, 5) is 36.9. The second-order valence-electron chi connectivity index (χ2n) is 12.8. The van der Waals surface area contributed by atoms with Crippen LogP contribution in [0.3, 0.4) is 0 Å². The van der Waals surface area contributed by atoms with E-state index in [1.54, 1.807) is 17.2 Å². The van der Waals surface area contributed by atoms with Crippen molar-refractivity contribution >= 4 is 11.8 Å². The zero-order valence-electron chi connectivity index (χ0n) is 27.5. The van der Waals surface area contributed by atoms with Crippen LogP contribution in [0.4, 0.5) is 0 Å². The normalized spacial score (nSPS) is 14.5. The molecule has 0 aliphatic carbocycles. The molecule has 0 radical (unpaired) electrons. The minimum Gasteiger partial charge on any atom is -0.446 e. The molecule has 238 valence electrons. The standard InChI is InChI=1S/C30H39N5O3.C7H8/c1-20-12-23(15-24(13-20)29(37)35-11-6-8-26(35)28-34-21(2)19-38-28)27(36)33-10-7-9-31-16-22-14-25(18-32-17-22)30(3,4)5;1-7-5-3-2-4-6-7/h12-15,17-19,26,31H,6-11,16H2,1-5H3,(H,33,36);2-6H,1H3. The molecule has 4 aromatic rings. The fourth-order valence-electron chi connectivity index (χ4n) is 5.27. The number of nitrogens with one attached hydrogen (secondary N) is 2. The summed E-state index contributed by atoms with van der Waals surface area (Å²) in [5.41, 5.74) is 6.44. The number of likely N-dealkylation sites (tertiary alicyclic amines) is 1. The molecule has 8 heteroatoms. The number of hydrogen-bond donors (Lipinski definition) is 2. The highest BCUT2D eigenvalue weighted by atomic mass is 16.3. The predicted molar refractivity (Wildman–Crippen MR) is 178 cm³/mol. The number of nitrogens with zero attached hydrogens (tertiary/aromatic N) is 3. The molecule has 3 heterocycles. The van der Waals surface area contributed by atoms with E-state index in [2.05, 4.69) is 66.5 Å². The van der Waals surface area contributed by atoms with Gasteiger partial charge in [0.2, 0.25) is 5.89 Å². The van der Waals surface area contributed by atoms with E-state index in [1.165, 1.54) is 11.1 Å². The Balaban J connectivity index is 0.000000580. The van der Waals surface area contributed by atoms with Gasteiger partial charge in [0.1, 0.15) is 12.3 Å². The Hall–Kier alpha value is -4.30. The van der Waals surface area contributed by atoms with Crippen LogP contribution in [0.25, 0.3) is 0 Å². The summed E-state index contributed by atoms with van der Waals surface area (Å²) >= 11 is 0. The summed E-state index contributed by atoms with van der Waals surface area (Å²) in [6.45, 7) is 15.1. The van der Waals surface area contributed by atoms with Crippen molar-refractivity contribution in [3.05, 3.63) is 118 Å². The van der Waals surface area contributed by atoms with Gasteiger partial charge >= 0.3 is 0 Å². The Morgan fingerprint density at radius 1 is 0.956 bits per heavy atom. The summed E-state index contributed by atoms with van der Waals surface area (Å²) in [5, 5.41) is 6.41. The van der Waals surface area contributed by atoms with Gasteiger partial charge in [0, 0.05) is 43.2 Å². The third-order valence-corrected chi connectivity index (χ3v) is 7.77. The van der Waals surface area contributed by atoms with Gasteiger partial charge in [-0.15, -0.1) is 0 Å². The van der Waals surface area contributed by atoms with Crippen LogP contribution < -0.4 is 10.6 Å². The monoisotopic (exact) mass is 609 g/mol. The van der Waals surface area contributed by atoms with E-state index in [9.17, 15) is 9.59 Å². The number of aryl methyl sites for hydroxylation is 3. The van der Waals surface area contributed by atoms with Crippen molar-refractivity contribution in [2.75, 3.05) is 19.6 Å². The molecule has 2 N–H and O–H groups in total. The number of benzene rings is 2. The molecule has 1 aliphatic rings. The molecule has 2 aromatic heterocycles. The maximum Gasteiger partial charge on any atom is 0.254 e. The van der Waals surface area contributed by atoms with Crippen molar-refractivity contribution in [2.45, 2.75) is 78.8 Å².